The molecule has 0 aliphatic rings. The largest absolute Gasteiger partial charge is 0.349 e. The molecule has 1 aromatic heterocycles. The Morgan fingerprint density at radius 3 is 2.29 bits per heavy atom. The monoisotopic (exact) mass is 374 g/mol. The third kappa shape index (κ3) is 5.95. The van der Waals surface area contributed by atoms with Crippen molar-refractivity contribution in [2.24, 2.45) is 0 Å². The van der Waals surface area contributed by atoms with Gasteiger partial charge in [0, 0.05) is 25.2 Å². The molecule has 144 valence electrons. The molecule has 1 N–H and O–H groups in total. The van der Waals surface area contributed by atoms with E-state index in [1.165, 1.54) is 11.6 Å². The fourth-order valence-corrected chi connectivity index (χ4v) is 3.30. The van der Waals surface area contributed by atoms with Crippen molar-refractivity contribution in [1.82, 2.24) is 9.88 Å². The van der Waals surface area contributed by atoms with Gasteiger partial charge in [-0.15, -0.1) is 0 Å². The van der Waals surface area contributed by atoms with Gasteiger partial charge in [-0.3, -0.25) is 9.59 Å². The molecule has 28 heavy (non-hydrogen) atoms. The first-order valence-corrected chi connectivity index (χ1v) is 9.76. The molecule has 2 aromatic carbocycles. The van der Waals surface area contributed by atoms with E-state index in [1.54, 1.807) is 22.9 Å². The SMILES string of the molecule is O=C(CCn1ccccc1=O)NC(CCCc1ccccc1)c1ccccc1. The van der Waals surface area contributed by atoms with E-state index in [9.17, 15) is 9.59 Å². The van der Waals surface area contributed by atoms with Crippen molar-refractivity contribution in [3.05, 3.63) is 107 Å². The number of aryl methyl sites for hydroxylation is 2. The number of aromatic nitrogens is 1. The van der Waals surface area contributed by atoms with Crippen molar-refractivity contribution in [1.29, 1.82) is 0 Å². The predicted octanol–water partition coefficient (Wildman–Crippen LogP) is 4.12. The topological polar surface area (TPSA) is 51.1 Å². The van der Waals surface area contributed by atoms with Crippen LogP contribution in [-0.2, 0) is 17.8 Å². The first kappa shape index (κ1) is 19.6. The summed E-state index contributed by atoms with van der Waals surface area (Å²) in [6.07, 6.45) is 4.84. The molecule has 3 aromatic rings. The molecule has 0 radical (unpaired) electrons. The molecule has 0 fully saturated rings. The second kappa shape index (κ2) is 10.3. The van der Waals surface area contributed by atoms with Gasteiger partial charge in [-0.1, -0.05) is 66.7 Å². The first-order chi connectivity index (χ1) is 13.7. The molecular weight excluding hydrogens is 348 g/mol. The van der Waals surface area contributed by atoms with E-state index in [0.717, 1.165) is 24.8 Å². The van der Waals surface area contributed by atoms with Gasteiger partial charge in [0.2, 0.25) is 5.91 Å². The van der Waals surface area contributed by atoms with Crippen LogP contribution in [-0.4, -0.2) is 10.5 Å². The van der Waals surface area contributed by atoms with E-state index in [2.05, 4.69) is 41.7 Å². The number of hydrogen-bond acceptors (Lipinski definition) is 2. The normalized spacial score (nSPS) is 11.7. The van der Waals surface area contributed by atoms with Crippen LogP contribution >= 0.6 is 0 Å². The second-order valence-corrected chi connectivity index (χ2v) is 6.89. The summed E-state index contributed by atoms with van der Waals surface area (Å²) in [5.41, 5.74) is 2.34. The number of carbonyl (C=O) groups is 1. The Morgan fingerprint density at radius 1 is 0.893 bits per heavy atom. The molecule has 0 saturated heterocycles. The minimum Gasteiger partial charge on any atom is -0.349 e. The van der Waals surface area contributed by atoms with E-state index in [0.29, 0.717) is 6.54 Å². The Hall–Kier alpha value is -3.14. The Labute approximate surface area is 165 Å². The zero-order valence-electron chi connectivity index (χ0n) is 16.0. The van der Waals surface area contributed by atoms with E-state index >= 15 is 0 Å². The lowest BCUT2D eigenvalue weighted by molar-refractivity contribution is -0.122. The van der Waals surface area contributed by atoms with E-state index in [1.807, 2.05) is 24.3 Å². The number of benzene rings is 2. The van der Waals surface area contributed by atoms with Crippen LogP contribution in [0.15, 0.2) is 89.9 Å². The highest BCUT2D eigenvalue weighted by Crippen LogP contribution is 2.20. The summed E-state index contributed by atoms with van der Waals surface area (Å²) in [4.78, 5) is 24.3. The number of nitrogens with zero attached hydrogens (tertiary/aromatic N) is 1. The van der Waals surface area contributed by atoms with Gasteiger partial charge in [0.05, 0.1) is 6.04 Å². The van der Waals surface area contributed by atoms with E-state index < -0.39 is 0 Å². The molecule has 1 atom stereocenters. The fraction of sp³-hybridized carbons (Fsp3) is 0.250. The minimum atomic E-state index is -0.0854. The fourth-order valence-electron chi connectivity index (χ4n) is 3.30. The van der Waals surface area contributed by atoms with Crippen LogP contribution in [0.4, 0.5) is 0 Å². The van der Waals surface area contributed by atoms with Gasteiger partial charge in [-0.25, -0.2) is 0 Å². The third-order valence-electron chi connectivity index (χ3n) is 4.82. The minimum absolute atomic E-state index is 0.0232. The average molecular weight is 374 g/mol. The number of rotatable bonds is 9. The van der Waals surface area contributed by atoms with Gasteiger partial charge in [-0.05, 0) is 36.5 Å². The molecule has 0 bridgehead atoms. The molecule has 4 nitrogen and oxygen atoms in total. The smallest absolute Gasteiger partial charge is 0.250 e. The molecule has 3 rings (SSSR count). The molecule has 0 spiro atoms. The van der Waals surface area contributed by atoms with Crippen molar-refractivity contribution < 1.29 is 4.79 Å². The van der Waals surface area contributed by atoms with Crippen LogP contribution in [0.3, 0.4) is 0 Å². The summed E-state index contributed by atoms with van der Waals surface area (Å²) < 4.78 is 1.56. The summed E-state index contributed by atoms with van der Waals surface area (Å²) in [6, 6.07) is 25.5. The van der Waals surface area contributed by atoms with Crippen molar-refractivity contribution in [2.45, 2.75) is 38.3 Å². The van der Waals surface area contributed by atoms with Crippen LogP contribution in [0.2, 0.25) is 0 Å². The Bertz CT molecular complexity index is 920. The standard InChI is InChI=1S/C24H26N2O2/c27-23(17-19-26-18-8-7-16-24(26)28)25-22(21-13-5-2-6-14-21)15-9-12-20-10-3-1-4-11-20/h1-8,10-11,13-14,16,18,22H,9,12,15,17,19H2,(H,25,27). The Morgan fingerprint density at radius 2 is 1.57 bits per heavy atom. The van der Waals surface area contributed by atoms with Crippen LogP contribution in [0.25, 0.3) is 0 Å². The van der Waals surface area contributed by atoms with Crippen LogP contribution in [0.1, 0.15) is 36.4 Å². The molecular formula is C24H26N2O2. The van der Waals surface area contributed by atoms with Crippen molar-refractivity contribution in [3.63, 3.8) is 0 Å². The number of hydrogen-bond donors (Lipinski definition) is 1. The molecule has 0 saturated carbocycles. The molecule has 1 amide bonds. The molecule has 4 heteroatoms. The summed E-state index contributed by atoms with van der Waals surface area (Å²) in [5.74, 6) is -0.0377. The average Bonchev–Trinajstić information content (AvgIpc) is 2.74. The molecule has 0 aliphatic carbocycles. The highest BCUT2D eigenvalue weighted by molar-refractivity contribution is 5.76. The van der Waals surface area contributed by atoms with Gasteiger partial charge in [0.1, 0.15) is 0 Å². The zero-order valence-corrected chi connectivity index (χ0v) is 16.0. The molecule has 0 aliphatic heterocycles. The number of carbonyl (C=O) groups excluding carboxylic acids is 1. The van der Waals surface area contributed by atoms with E-state index in [4.69, 9.17) is 0 Å². The maximum absolute atomic E-state index is 12.5. The highest BCUT2D eigenvalue weighted by Gasteiger charge is 2.14. The van der Waals surface area contributed by atoms with Crippen molar-refractivity contribution in [3.8, 4) is 0 Å². The number of amides is 1. The van der Waals surface area contributed by atoms with Crippen LogP contribution in [0.5, 0.6) is 0 Å². The summed E-state index contributed by atoms with van der Waals surface area (Å²) in [6.45, 7) is 0.386. The van der Waals surface area contributed by atoms with Gasteiger partial charge in [0.15, 0.2) is 0 Å². The summed E-state index contributed by atoms with van der Waals surface area (Å²) in [5, 5.41) is 3.15. The number of pyridine rings is 1. The number of nitrogens with one attached hydrogen (secondary N) is 1. The lowest BCUT2D eigenvalue weighted by atomic mass is 9.99. The maximum atomic E-state index is 12.5. The first-order valence-electron chi connectivity index (χ1n) is 9.76. The van der Waals surface area contributed by atoms with Gasteiger partial charge in [-0.2, -0.15) is 0 Å². The lowest BCUT2D eigenvalue weighted by Gasteiger charge is -2.19. The van der Waals surface area contributed by atoms with Gasteiger partial charge < -0.3 is 9.88 Å². The maximum Gasteiger partial charge on any atom is 0.250 e. The molecule has 1 unspecified atom stereocenters. The lowest BCUT2D eigenvalue weighted by Crippen LogP contribution is -2.30. The van der Waals surface area contributed by atoms with Crippen molar-refractivity contribution >= 4 is 5.91 Å². The second-order valence-electron chi connectivity index (χ2n) is 6.89. The highest BCUT2D eigenvalue weighted by atomic mass is 16.2. The van der Waals surface area contributed by atoms with Crippen LogP contribution < -0.4 is 10.9 Å². The summed E-state index contributed by atoms with van der Waals surface area (Å²) in [7, 11) is 0. The van der Waals surface area contributed by atoms with Gasteiger partial charge in [0.25, 0.3) is 5.56 Å². The predicted molar refractivity (Wildman–Crippen MR) is 112 cm³/mol. The van der Waals surface area contributed by atoms with Crippen molar-refractivity contribution in [2.75, 3.05) is 0 Å². The van der Waals surface area contributed by atoms with E-state index in [-0.39, 0.29) is 23.9 Å². The molecule has 1 heterocycles. The Balaban J connectivity index is 1.58. The quantitative estimate of drug-likeness (QED) is 0.612. The van der Waals surface area contributed by atoms with Crippen LogP contribution in [0, 0.1) is 0 Å². The Kier molecular flexibility index (Phi) is 7.19. The summed E-state index contributed by atoms with van der Waals surface area (Å²) >= 11 is 0. The third-order valence-corrected chi connectivity index (χ3v) is 4.82. The zero-order chi connectivity index (χ0) is 19.6. The van der Waals surface area contributed by atoms with Gasteiger partial charge >= 0.3 is 0 Å².